The molecule has 1 fully saturated rings. The summed E-state index contributed by atoms with van der Waals surface area (Å²) >= 11 is 0. The summed E-state index contributed by atoms with van der Waals surface area (Å²) in [6.45, 7) is 3.76. The molecule has 0 atom stereocenters. The summed E-state index contributed by atoms with van der Waals surface area (Å²) in [7, 11) is -3.12. The molecule has 0 saturated carbocycles. The minimum Gasteiger partial charge on any atom is -0.348 e. The van der Waals surface area contributed by atoms with E-state index in [1.807, 2.05) is 6.92 Å². The van der Waals surface area contributed by atoms with Crippen LogP contribution in [0.3, 0.4) is 0 Å². The van der Waals surface area contributed by atoms with Crippen LogP contribution in [0.1, 0.15) is 26.2 Å². The highest BCUT2D eigenvalue weighted by atomic mass is 32.2. The largest absolute Gasteiger partial charge is 0.348 e. The molecule has 2 N–H and O–H groups in total. The van der Waals surface area contributed by atoms with Gasteiger partial charge >= 0.3 is 11.8 Å². The van der Waals surface area contributed by atoms with E-state index < -0.39 is 21.8 Å². The van der Waals surface area contributed by atoms with Crippen molar-refractivity contribution in [1.82, 2.24) is 14.9 Å². The lowest BCUT2D eigenvalue weighted by Crippen LogP contribution is -2.44. The van der Waals surface area contributed by atoms with Gasteiger partial charge in [-0.25, -0.2) is 12.7 Å². The van der Waals surface area contributed by atoms with E-state index in [1.54, 1.807) is 0 Å². The van der Waals surface area contributed by atoms with Gasteiger partial charge in [0.05, 0.1) is 6.26 Å². The molecule has 0 bridgehead atoms. The molecule has 116 valence electrons. The third-order valence-electron chi connectivity index (χ3n) is 3.34. The fraction of sp³-hybridized carbons (Fsp3) is 0.833. The van der Waals surface area contributed by atoms with Gasteiger partial charge in [-0.15, -0.1) is 0 Å². The van der Waals surface area contributed by atoms with Crippen LogP contribution in [0, 0.1) is 5.92 Å². The number of sulfonamides is 1. The lowest BCUT2D eigenvalue weighted by Gasteiger charge is -2.30. The molecular formula is C12H23N3O4S. The Kier molecular flexibility index (Phi) is 6.41. The molecule has 1 heterocycles. The van der Waals surface area contributed by atoms with E-state index in [0.717, 1.165) is 6.42 Å². The maximum Gasteiger partial charge on any atom is 0.309 e. The summed E-state index contributed by atoms with van der Waals surface area (Å²) in [6.07, 6.45) is 3.38. The van der Waals surface area contributed by atoms with Crippen molar-refractivity contribution >= 4 is 21.8 Å². The first-order chi connectivity index (χ1) is 9.34. The lowest BCUT2D eigenvalue weighted by atomic mass is 9.98. The summed E-state index contributed by atoms with van der Waals surface area (Å²) in [6, 6.07) is 0. The Labute approximate surface area is 120 Å². The van der Waals surface area contributed by atoms with E-state index in [4.69, 9.17) is 0 Å². The molecule has 0 radical (unpaired) electrons. The van der Waals surface area contributed by atoms with Crippen molar-refractivity contribution in [2.24, 2.45) is 5.92 Å². The number of hydrogen-bond donors (Lipinski definition) is 2. The summed E-state index contributed by atoms with van der Waals surface area (Å²) in [5.41, 5.74) is 0. The summed E-state index contributed by atoms with van der Waals surface area (Å²) in [5, 5.41) is 5.10. The van der Waals surface area contributed by atoms with Crippen molar-refractivity contribution in [2.75, 3.05) is 32.4 Å². The number of hydrogen-bond acceptors (Lipinski definition) is 4. The predicted octanol–water partition coefficient (Wildman–Crippen LogP) is -0.700. The van der Waals surface area contributed by atoms with E-state index >= 15 is 0 Å². The Balaban J connectivity index is 2.28. The first-order valence-corrected chi connectivity index (χ1v) is 8.70. The van der Waals surface area contributed by atoms with Crippen molar-refractivity contribution in [3.63, 3.8) is 0 Å². The fourth-order valence-corrected chi connectivity index (χ4v) is 2.96. The van der Waals surface area contributed by atoms with Gasteiger partial charge in [0.2, 0.25) is 10.0 Å². The second-order valence-electron chi connectivity index (χ2n) is 5.07. The van der Waals surface area contributed by atoms with Gasteiger partial charge in [-0.3, -0.25) is 9.59 Å². The molecule has 1 aliphatic rings. The molecule has 0 aromatic rings. The van der Waals surface area contributed by atoms with Gasteiger partial charge in [0, 0.05) is 26.2 Å². The van der Waals surface area contributed by atoms with Crippen LogP contribution < -0.4 is 10.6 Å². The minimum atomic E-state index is -3.12. The highest BCUT2D eigenvalue weighted by Gasteiger charge is 2.25. The number of carbonyl (C=O) groups is 2. The van der Waals surface area contributed by atoms with E-state index in [2.05, 4.69) is 10.6 Å². The van der Waals surface area contributed by atoms with Gasteiger partial charge in [-0.2, -0.15) is 0 Å². The monoisotopic (exact) mass is 305 g/mol. The zero-order chi connectivity index (χ0) is 15.2. The molecule has 1 saturated heterocycles. The van der Waals surface area contributed by atoms with Gasteiger partial charge < -0.3 is 10.6 Å². The van der Waals surface area contributed by atoms with Crippen LogP contribution in [0.25, 0.3) is 0 Å². The molecular weight excluding hydrogens is 282 g/mol. The van der Waals surface area contributed by atoms with Crippen LogP contribution in [0.4, 0.5) is 0 Å². The van der Waals surface area contributed by atoms with Crippen LogP contribution >= 0.6 is 0 Å². The zero-order valence-corrected chi connectivity index (χ0v) is 12.8. The van der Waals surface area contributed by atoms with Gasteiger partial charge in [-0.05, 0) is 25.2 Å². The van der Waals surface area contributed by atoms with Gasteiger partial charge in [0.15, 0.2) is 0 Å². The Morgan fingerprint density at radius 1 is 1.15 bits per heavy atom. The summed E-state index contributed by atoms with van der Waals surface area (Å²) in [5.74, 6) is -1.01. The van der Waals surface area contributed by atoms with Crippen molar-refractivity contribution in [3.8, 4) is 0 Å². The van der Waals surface area contributed by atoms with Crippen LogP contribution in [-0.4, -0.2) is 57.0 Å². The predicted molar refractivity (Wildman–Crippen MR) is 75.5 cm³/mol. The SMILES string of the molecule is CCCNC(=O)C(=O)NCC1CCN(S(C)(=O)=O)CC1. The molecule has 8 heteroatoms. The first-order valence-electron chi connectivity index (χ1n) is 6.85. The van der Waals surface area contributed by atoms with Crippen molar-refractivity contribution in [3.05, 3.63) is 0 Å². The Hall–Kier alpha value is -1.15. The quantitative estimate of drug-likeness (QED) is 0.657. The van der Waals surface area contributed by atoms with Crippen LogP contribution in [0.15, 0.2) is 0 Å². The number of amides is 2. The number of nitrogens with zero attached hydrogens (tertiary/aromatic N) is 1. The van der Waals surface area contributed by atoms with E-state index in [1.165, 1.54) is 10.6 Å². The molecule has 2 amide bonds. The Morgan fingerprint density at radius 3 is 2.20 bits per heavy atom. The van der Waals surface area contributed by atoms with E-state index in [0.29, 0.717) is 39.0 Å². The molecule has 7 nitrogen and oxygen atoms in total. The molecule has 1 aliphatic heterocycles. The molecule has 0 unspecified atom stereocenters. The molecule has 1 rings (SSSR count). The van der Waals surface area contributed by atoms with E-state index in [9.17, 15) is 18.0 Å². The third-order valence-corrected chi connectivity index (χ3v) is 4.64. The fourth-order valence-electron chi connectivity index (χ4n) is 2.08. The number of piperidine rings is 1. The lowest BCUT2D eigenvalue weighted by molar-refractivity contribution is -0.139. The normalized spacial score (nSPS) is 17.7. The Bertz CT molecular complexity index is 442. The van der Waals surface area contributed by atoms with Crippen LogP contribution in [0.2, 0.25) is 0 Å². The first kappa shape index (κ1) is 16.9. The second-order valence-corrected chi connectivity index (χ2v) is 7.05. The summed E-state index contributed by atoms with van der Waals surface area (Å²) < 4.78 is 24.1. The minimum absolute atomic E-state index is 0.218. The van der Waals surface area contributed by atoms with Crippen molar-refractivity contribution in [1.29, 1.82) is 0 Å². The Morgan fingerprint density at radius 2 is 1.70 bits per heavy atom. The number of nitrogens with one attached hydrogen (secondary N) is 2. The molecule has 0 spiro atoms. The molecule has 20 heavy (non-hydrogen) atoms. The molecule has 0 aromatic heterocycles. The van der Waals surface area contributed by atoms with Gasteiger partial charge in [0.1, 0.15) is 0 Å². The topological polar surface area (TPSA) is 95.6 Å². The van der Waals surface area contributed by atoms with Crippen molar-refractivity contribution in [2.45, 2.75) is 26.2 Å². The average Bonchev–Trinajstić information content (AvgIpc) is 2.41. The maximum absolute atomic E-state index is 11.5. The maximum atomic E-state index is 11.5. The van der Waals surface area contributed by atoms with E-state index in [-0.39, 0.29) is 5.92 Å². The third kappa shape index (κ3) is 5.46. The van der Waals surface area contributed by atoms with Crippen molar-refractivity contribution < 1.29 is 18.0 Å². The highest BCUT2D eigenvalue weighted by Crippen LogP contribution is 2.18. The second kappa shape index (κ2) is 7.58. The molecule has 0 aliphatic carbocycles. The summed E-state index contributed by atoms with van der Waals surface area (Å²) in [4.78, 5) is 22.8. The number of carbonyl (C=O) groups excluding carboxylic acids is 2. The highest BCUT2D eigenvalue weighted by molar-refractivity contribution is 7.88. The van der Waals surface area contributed by atoms with Crippen LogP contribution in [-0.2, 0) is 19.6 Å². The standard InChI is InChI=1S/C12H23N3O4S/c1-3-6-13-11(16)12(17)14-9-10-4-7-15(8-5-10)20(2,18)19/h10H,3-9H2,1-2H3,(H,13,16)(H,14,17). The van der Waals surface area contributed by atoms with Gasteiger partial charge in [-0.1, -0.05) is 6.92 Å². The zero-order valence-electron chi connectivity index (χ0n) is 12.0. The average molecular weight is 305 g/mol. The smallest absolute Gasteiger partial charge is 0.309 e. The number of rotatable bonds is 5. The van der Waals surface area contributed by atoms with Crippen LogP contribution in [0.5, 0.6) is 0 Å². The molecule has 0 aromatic carbocycles. The van der Waals surface area contributed by atoms with Gasteiger partial charge in [0.25, 0.3) is 0 Å².